The second kappa shape index (κ2) is 10.5. The first kappa shape index (κ1) is 26.4. The van der Waals surface area contributed by atoms with E-state index in [-0.39, 0.29) is 0 Å². The molecule has 6 aromatic carbocycles. The molecule has 9 rings (SSSR count). The minimum Gasteiger partial charge on any atom is -0.457 e. The van der Waals surface area contributed by atoms with Gasteiger partial charge in [0.25, 0.3) is 0 Å². The number of hydrogen-bond acceptors (Lipinski definition) is 3. The molecule has 0 unspecified atom stereocenters. The summed E-state index contributed by atoms with van der Waals surface area (Å²) in [5.74, 6) is 1.73. The van der Waals surface area contributed by atoms with Crippen LogP contribution in [-0.2, 0) is 5.41 Å². The summed E-state index contributed by atoms with van der Waals surface area (Å²) in [7, 11) is 0. The van der Waals surface area contributed by atoms with E-state index in [4.69, 9.17) is 14.7 Å². The van der Waals surface area contributed by atoms with E-state index in [2.05, 4.69) is 140 Å². The lowest BCUT2D eigenvalue weighted by molar-refractivity contribution is 0.434. The van der Waals surface area contributed by atoms with Crippen molar-refractivity contribution >= 4 is 21.8 Å². The highest BCUT2D eigenvalue weighted by molar-refractivity contribution is 6.04. The van der Waals surface area contributed by atoms with Gasteiger partial charge < -0.3 is 4.74 Å². The Morgan fingerprint density at radius 3 is 1.50 bits per heavy atom. The molecule has 46 heavy (non-hydrogen) atoms. The molecule has 0 N–H and O–H groups in total. The van der Waals surface area contributed by atoms with Crippen molar-refractivity contribution < 1.29 is 4.74 Å². The molecule has 1 aliphatic rings. The predicted octanol–water partition coefficient (Wildman–Crippen LogP) is 10.6. The van der Waals surface area contributed by atoms with Crippen LogP contribution in [-0.4, -0.2) is 9.97 Å². The van der Waals surface area contributed by atoms with Crippen molar-refractivity contribution in [2.75, 3.05) is 0 Å². The van der Waals surface area contributed by atoms with Crippen molar-refractivity contribution in [1.82, 2.24) is 9.97 Å². The summed E-state index contributed by atoms with van der Waals surface area (Å²) in [5.41, 5.74) is 9.79. The van der Waals surface area contributed by atoms with E-state index in [0.29, 0.717) is 0 Å². The number of hydrogen-bond donors (Lipinski definition) is 0. The Hall–Kier alpha value is -6.06. The lowest BCUT2D eigenvalue weighted by atomic mass is 9.63. The first-order valence-corrected chi connectivity index (χ1v) is 15.6. The standard InChI is InChI=1S/C43H28N2O/c1-3-12-29(13-4-1)37-26-24-30-22-23-31-25-27-38(45-42(31)41(30)44-37)32-14-11-17-34(28-32)43(33-15-5-2-6-16-33)35-18-7-9-20-39(35)46-40-21-10-8-19-36(40)43/h1-28H. The molecule has 2 aromatic heterocycles. The second-order valence-electron chi connectivity index (χ2n) is 11.8. The predicted molar refractivity (Wildman–Crippen MR) is 186 cm³/mol. The van der Waals surface area contributed by atoms with E-state index in [0.717, 1.165) is 72.5 Å². The molecular formula is C43H28N2O. The Balaban J connectivity index is 1.27. The monoisotopic (exact) mass is 588 g/mol. The molecule has 0 saturated carbocycles. The Bertz CT molecular complexity index is 2350. The van der Waals surface area contributed by atoms with E-state index < -0.39 is 5.41 Å². The molecule has 0 aliphatic carbocycles. The third-order valence-electron chi connectivity index (χ3n) is 9.19. The number of benzene rings is 6. The molecular weight excluding hydrogens is 560 g/mol. The first-order valence-electron chi connectivity index (χ1n) is 15.6. The van der Waals surface area contributed by atoms with Gasteiger partial charge in [0, 0.05) is 33.0 Å². The molecule has 8 aromatic rings. The van der Waals surface area contributed by atoms with Crippen LogP contribution in [0.3, 0.4) is 0 Å². The summed E-state index contributed by atoms with van der Waals surface area (Å²) in [6.07, 6.45) is 0. The zero-order chi connectivity index (χ0) is 30.5. The maximum Gasteiger partial charge on any atom is 0.132 e. The maximum atomic E-state index is 6.50. The molecule has 3 heteroatoms. The van der Waals surface area contributed by atoms with Crippen molar-refractivity contribution in [1.29, 1.82) is 0 Å². The van der Waals surface area contributed by atoms with Crippen LogP contribution >= 0.6 is 0 Å². The van der Waals surface area contributed by atoms with Gasteiger partial charge in [0.15, 0.2) is 0 Å². The Kier molecular flexibility index (Phi) is 6.04. The number of para-hydroxylation sites is 2. The summed E-state index contributed by atoms with van der Waals surface area (Å²) in [5, 5.41) is 2.14. The van der Waals surface area contributed by atoms with Gasteiger partial charge in [0.1, 0.15) is 11.5 Å². The van der Waals surface area contributed by atoms with Gasteiger partial charge in [0.2, 0.25) is 0 Å². The van der Waals surface area contributed by atoms with Gasteiger partial charge >= 0.3 is 0 Å². The van der Waals surface area contributed by atoms with Crippen molar-refractivity contribution in [3.63, 3.8) is 0 Å². The highest BCUT2D eigenvalue weighted by Crippen LogP contribution is 2.55. The smallest absolute Gasteiger partial charge is 0.132 e. The van der Waals surface area contributed by atoms with Gasteiger partial charge in [-0.15, -0.1) is 0 Å². The molecule has 1 aliphatic heterocycles. The molecule has 0 atom stereocenters. The fourth-order valence-corrected chi connectivity index (χ4v) is 7.08. The van der Waals surface area contributed by atoms with Crippen LogP contribution in [0.15, 0.2) is 170 Å². The van der Waals surface area contributed by atoms with Crippen molar-refractivity contribution in [2.45, 2.75) is 5.41 Å². The summed E-state index contributed by atoms with van der Waals surface area (Å²) < 4.78 is 6.50. The molecule has 0 radical (unpaired) electrons. The minimum atomic E-state index is -0.585. The van der Waals surface area contributed by atoms with E-state index >= 15 is 0 Å². The zero-order valence-corrected chi connectivity index (χ0v) is 25.0. The molecule has 3 nitrogen and oxygen atoms in total. The first-order chi connectivity index (χ1) is 22.8. The largest absolute Gasteiger partial charge is 0.457 e. The number of pyridine rings is 2. The van der Waals surface area contributed by atoms with E-state index in [1.54, 1.807) is 0 Å². The molecule has 216 valence electrons. The van der Waals surface area contributed by atoms with Crippen LogP contribution in [0, 0.1) is 0 Å². The Morgan fingerprint density at radius 1 is 0.391 bits per heavy atom. The van der Waals surface area contributed by atoms with Crippen molar-refractivity contribution in [3.8, 4) is 34.0 Å². The summed E-state index contributed by atoms with van der Waals surface area (Å²) in [6.45, 7) is 0. The summed E-state index contributed by atoms with van der Waals surface area (Å²) >= 11 is 0. The molecule has 0 amide bonds. The fraction of sp³-hybridized carbons (Fsp3) is 0.0233. The van der Waals surface area contributed by atoms with E-state index in [1.807, 2.05) is 30.3 Å². The lowest BCUT2D eigenvalue weighted by Gasteiger charge is -2.41. The van der Waals surface area contributed by atoms with E-state index in [9.17, 15) is 0 Å². The molecule has 0 fully saturated rings. The van der Waals surface area contributed by atoms with Crippen molar-refractivity contribution in [3.05, 3.63) is 192 Å². The third-order valence-corrected chi connectivity index (χ3v) is 9.19. The Labute approximate surface area is 267 Å². The average molecular weight is 589 g/mol. The molecule has 0 saturated heterocycles. The van der Waals surface area contributed by atoms with Gasteiger partial charge in [-0.1, -0.05) is 140 Å². The fourth-order valence-electron chi connectivity index (χ4n) is 7.08. The van der Waals surface area contributed by atoms with Gasteiger partial charge in [-0.25, -0.2) is 9.97 Å². The third kappa shape index (κ3) is 4.06. The van der Waals surface area contributed by atoms with Crippen LogP contribution in [0.25, 0.3) is 44.3 Å². The van der Waals surface area contributed by atoms with Crippen LogP contribution in [0.4, 0.5) is 0 Å². The molecule has 3 heterocycles. The normalized spacial score (nSPS) is 13.1. The van der Waals surface area contributed by atoms with E-state index in [1.165, 1.54) is 5.56 Å². The van der Waals surface area contributed by atoms with Gasteiger partial charge in [-0.2, -0.15) is 0 Å². The average Bonchev–Trinajstić information content (AvgIpc) is 3.14. The van der Waals surface area contributed by atoms with Crippen molar-refractivity contribution in [2.24, 2.45) is 0 Å². The zero-order valence-electron chi connectivity index (χ0n) is 25.0. The van der Waals surface area contributed by atoms with Crippen LogP contribution in [0.5, 0.6) is 11.5 Å². The number of ether oxygens (including phenoxy) is 1. The van der Waals surface area contributed by atoms with Crippen LogP contribution in [0.2, 0.25) is 0 Å². The molecule has 0 bridgehead atoms. The van der Waals surface area contributed by atoms with Crippen LogP contribution in [0.1, 0.15) is 22.3 Å². The summed E-state index contributed by atoms with van der Waals surface area (Å²) in [6, 6.07) is 59.5. The lowest BCUT2D eigenvalue weighted by Crippen LogP contribution is -2.34. The SMILES string of the molecule is c1ccc(-c2ccc3ccc4ccc(-c5cccc(C6(c7ccccc7)c7ccccc7Oc7ccccc76)c5)nc4c3n2)cc1. The number of fused-ring (bicyclic) bond motifs is 5. The maximum absolute atomic E-state index is 6.50. The number of aromatic nitrogens is 2. The van der Waals surface area contributed by atoms with Crippen LogP contribution < -0.4 is 4.74 Å². The Morgan fingerprint density at radius 2 is 0.870 bits per heavy atom. The minimum absolute atomic E-state index is 0.585. The van der Waals surface area contributed by atoms with Gasteiger partial charge in [-0.3, -0.25) is 0 Å². The molecule has 0 spiro atoms. The second-order valence-corrected chi connectivity index (χ2v) is 11.8. The highest BCUT2D eigenvalue weighted by Gasteiger charge is 2.45. The quantitative estimate of drug-likeness (QED) is 0.192. The highest BCUT2D eigenvalue weighted by atomic mass is 16.5. The topological polar surface area (TPSA) is 35.0 Å². The summed E-state index contributed by atoms with van der Waals surface area (Å²) in [4.78, 5) is 10.4. The number of nitrogens with zero attached hydrogens (tertiary/aromatic N) is 2. The van der Waals surface area contributed by atoms with Gasteiger partial charge in [-0.05, 0) is 41.5 Å². The van der Waals surface area contributed by atoms with Gasteiger partial charge in [0.05, 0.1) is 27.8 Å². The number of rotatable bonds is 4.